The Hall–Kier alpha value is -2.11. The lowest BCUT2D eigenvalue weighted by atomic mass is 10.5. The number of carboxylic acid groups (broad SMARTS) is 2. The molecule has 0 saturated heterocycles. The van der Waals surface area contributed by atoms with Gasteiger partial charge in [-0.05, 0) is 0 Å². The minimum atomic E-state index is -1.26. The van der Waals surface area contributed by atoms with Gasteiger partial charge in [-0.25, -0.2) is 9.59 Å². The van der Waals surface area contributed by atoms with E-state index >= 15 is 0 Å². The maximum atomic E-state index is 10.1. The zero-order valence-electron chi connectivity index (χ0n) is 8.17. The second-order valence-corrected chi connectivity index (χ2v) is 2.02. The van der Waals surface area contributed by atoms with E-state index in [1.54, 1.807) is 6.92 Å². The molecule has 84 valence electrons. The second-order valence-electron chi connectivity index (χ2n) is 2.02. The summed E-state index contributed by atoms with van der Waals surface area (Å²) in [5.41, 5.74) is 0. The zero-order valence-corrected chi connectivity index (χ0v) is 8.17. The minimum absolute atomic E-state index is 0.241. The van der Waals surface area contributed by atoms with E-state index in [9.17, 15) is 14.4 Å². The molecule has 0 amide bonds. The van der Waals surface area contributed by atoms with Crippen LogP contribution < -0.4 is 0 Å². The van der Waals surface area contributed by atoms with Gasteiger partial charge in [0.05, 0.1) is 6.26 Å². The summed E-state index contributed by atoms with van der Waals surface area (Å²) in [7, 11) is 0. The van der Waals surface area contributed by atoms with Gasteiger partial charge < -0.3 is 14.9 Å². The summed E-state index contributed by atoms with van der Waals surface area (Å²) >= 11 is 0. The van der Waals surface area contributed by atoms with Crippen LogP contribution in [0.25, 0.3) is 0 Å². The molecule has 0 atom stereocenters. The summed E-state index contributed by atoms with van der Waals surface area (Å²) in [6, 6.07) is 0. The molecular weight excluding hydrogens is 204 g/mol. The van der Waals surface area contributed by atoms with Crippen molar-refractivity contribution in [1.82, 2.24) is 0 Å². The first kappa shape index (κ1) is 15.4. The number of ether oxygens (including phenoxy) is 1. The van der Waals surface area contributed by atoms with Gasteiger partial charge in [0.25, 0.3) is 0 Å². The molecule has 6 heteroatoms. The van der Waals surface area contributed by atoms with Crippen molar-refractivity contribution in [3.05, 3.63) is 25.0 Å². The molecule has 6 nitrogen and oxygen atoms in total. The minimum Gasteiger partial charge on any atom is -0.478 e. The fraction of sp³-hybridized carbons (Fsp3) is 0.222. The molecule has 0 unspecified atom stereocenters. The number of esters is 1. The number of carboxylic acids is 2. The summed E-state index contributed by atoms with van der Waals surface area (Å²) in [5, 5.41) is 15.6. The first-order valence-corrected chi connectivity index (χ1v) is 3.88. The van der Waals surface area contributed by atoms with Gasteiger partial charge in [0.1, 0.15) is 0 Å². The molecule has 0 aliphatic rings. The third kappa shape index (κ3) is 18.7. The van der Waals surface area contributed by atoms with Gasteiger partial charge in [-0.2, -0.15) is 0 Å². The molecule has 0 spiro atoms. The molecule has 0 radical (unpaired) electrons. The van der Waals surface area contributed by atoms with Gasteiger partial charge in [-0.3, -0.25) is 4.79 Å². The van der Waals surface area contributed by atoms with Crippen LogP contribution >= 0.6 is 0 Å². The lowest BCUT2D eigenvalue weighted by Gasteiger charge is -1.88. The number of rotatable bonds is 4. The van der Waals surface area contributed by atoms with Crippen molar-refractivity contribution in [3.8, 4) is 0 Å². The number of carbonyl (C=O) groups excluding carboxylic acids is 1. The largest absolute Gasteiger partial charge is 0.478 e. The molecular formula is C9H12O6. The third-order valence-electron chi connectivity index (χ3n) is 0.872. The first-order valence-electron chi connectivity index (χ1n) is 3.88. The molecule has 0 aliphatic carbocycles. The number of hydrogen-bond acceptors (Lipinski definition) is 4. The molecule has 0 aromatic carbocycles. The molecule has 0 aromatic heterocycles. The van der Waals surface area contributed by atoms with Gasteiger partial charge in [-0.15, -0.1) is 0 Å². The fourth-order valence-electron chi connectivity index (χ4n) is 0.319. The van der Waals surface area contributed by atoms with Crippen LogP contribution in [0.3, 0.4) is 0 Å². The van der Waals surface area contributed by atoms with Crippen molar-refractivity contribution in [1.29, 1.82) is 0 Å². The number of carbonyl (C=O) groups is 3. The SMILES string of the molecule is C=COC(=O)CC.O=C(O)/C=C\C(=O)O. The Morgan fingerprint density at radius 3 is 1.73 bits per heavy atom. The molecule has 0 rings (SSSR count). The normalized spacial score (nSPS) is 8.60. The van der Waals surface area contributed by atoms with Crippen LogP contribution in [0.1, 0.15) is 13.3 Å². The Balaban J connectivity index is 0. The van der Waals surface area contributed by atoms with E-state index in [1.807, 2.05) is 0 Å². The van der Waals surface area contributed by atoms with E-state index in [4.69, 9.17) is 10.2 Å². The van der Waals surface area contributed by atoms with Gasteiger partial charge >= 0.3 is 17.9 Å². The molecule has 2 N–H and O–H groups in total. The molecule has 0 bridgehead atoms. The highest BCUT2D eigenvalue weighted by molar-refractivity contribution is 5.89. The Bertz CT molecular complexity index is 250. The Kier molecular flexibility index (Phi) is 10.2. The van der Waals surface area contributed by atoms with Gasteiger partial charge in [0, 0.05) is 18.6 Å². The summed E-state index contributed by atoms with van der Waals surface area (Å²) in [6.07, 6.45) is 2.66. The van der Waals surface area contributed by atoms with E-state index < -0.39 is 11.9 Å². The molecule has 0 saturated carbocycles. The van der Waals surface area contributed by atoms with Crippen LogP contribution in [-0.2, 0) is 19.1 Å². The van der Waals surface area contributed by atoms with Crippen molar-refractivity contribution >= 4 is 17.9 Å². The monoisotopic (exact) mass is 216 g/mol. The zero-order chi connectivity index (χ0) is 12.3. The number of aliphatic carboxylic acids is 2. The van der Waals surface area contributed by atoms with Gasteiger partial charge in [0.2, 0.25) is 0 Å². The summed E-state index contributed by atoms with van der Waals surface area (Å²) < 4.78 is 4.32. The average molecular weight is 216 g/mol. The topological polar surface area (TPSA) is 101 Å². The van der Waals surface area contributed by atoms with Crippen molar-refractivity contribution < 1.29 is 29.3 Å². The predicted molar refractivity (Wildman–Crippen MR) is 51.0 cm³/mol. The van der Waals surface area contributed by atoms with Crippen molar-refractivity contribution in [2.75, 3.05) is 0 Å². The quantitative estimate of drug-likeness (QED) is 0.409. The van der Waals surface area contributed by atoms with E-state index in [0.717, 1.165) is 6.26 Å². The average Bonchev–Trinajstić information content (AvgIpc) is 2.16. The van der Waals surface area contributed by atoms with Crippen LogP contribution in [0.15, 0.2) is 25.0 Å². The van der Waals surface area contributed by atoms with E-state index in [1.165, 1.54) is 0 Å². The maximum Gasteiger partial charge on any atom is 0.328 e. The van der Waals surface area contributed by atoms with E-state index in [0.29, 0.717) is 18.6 Å². The summed E-state index contributed by atoms with van der Waals surface area (Å²) in [5.74, 6) is -2.75. The Morgan fingerprint density at radius 2 is 1.60 bits per heavy atom. The highest BCUT2D eigenvalue weighted by atomic mass is 16.5. The molecule has 0 fully saturated rings. The van der Waals surface area contributed by atoms with Crippen LogP contribution in [0.5, 0.6) is 0 Å². The van der Waals surface area contributed by atoms with Crippen molar-refractivity contribution in [2.24, 2.45) is 0 Å². The second kappa shape index (κ2) is 9.97. The van der Waals surface area contributed by atoms with Gasteiger partial charge in [-0.1, -0.05) is 13.5 Å². The van der Waals surface area contributed by atoms with E-state index in [2.05, 4.69) is 11.3 Å². The highest BCUT2D eigenvalue weighted by Gasteiger charge is 1.89. The first-order chi connectivity index (χ1) is 6.93. The predicted octanol–water partition coefficient (Wildman–Crippen LogP) is 0.795. The lowest BCUT2D eigenvalue weighted by Crippen LogP contribution is -1.94. The standard InChI is InChI=1S/C5H8O2.C4H4O4/c1-3-5(6)7-4-2;5-3(6)1-2-4(7)8/h4H,2-3H2,1H3;1-2H,(H,5,6)(H,7,8)/b;2-1-. The fourth-order valence-corrected chi connectivity index (χ4v) is 0.319. The lowest BCUT2D eigenvalue weighted by molar-refractivity contribution is -0.137. The molecule has 15 heavy (non-hydrogen) atoms. The van der Waals surface area contributed by atoms with Crippen LogP contribution in [0, 0.1) is 0 Å². The van der Waals surface area contributed by atoms with Crippen molar-refractivity contribution in [3.63, 3.8) is 0 Å². The summed E-state index contributed by atoms with van der Waals surface area (Å²) in [6.45, 7) is 4.93. The maximum absolute atomic E-state index is 10.1. The molecule has 0 heterocycles. The Labute approximate surface area is 86.5 Å². The van der Waals surface area contributed by atoms with Gasteiger partial charge in [0.15, 0.2) is 0 Å². The molecule has 0 aliphatic heterocycles. The third-order valence-corrected chi connectivity index (χ3v) is 0.872. The van der Waals surface area contributed by atoms with Crippen molar-refractivity contribution in [2.45, 2.75) is 13.3 Å². The van der Waals surface area contributed by atoms with E-state index in [-0.39, 0.29) is 5.97 Å². The van der Waals surface area contributed by atoms with Crippen LogP contribution in [-0.4, -0.2) is 28.1 Å². The summed E-state index contributed by atoms with van der Waals surface area (Å²) in [4.78, 5) is 29.2. The molecule has 0 aromatic rings. The van der Waals surface area contributed by atoms with Crippen LogP contribution in [0.2, 0.25) is 0 Å². The highest BCUT2D eigenvalue weighted by Crippen LogP contribution is 1.81. The number of hydrogen-bond donors (Lipinski definition) is 2. The smallest absolute Gasteiger partial charge is 0.328 e. The Morgan fingerprint density at radius 1 is 1.20 bits per heavy atom. The van der Waals surface area contributed by atoms with Crippen LogP contribution in [0.4, 0.5) is 0 Å².